The van der Waals surface area contributed by atoms with E-state index in [1.807, 2.05) is 0 Å². The first-order chi connectivity index (χ1) is 4.50. The predicted octanol–water partition coefficient (Wildman–Crippen LogP) is -0.723. The van der Waals surface area contributed by atoms with E-state index in [0.29, 0.717) is 13.2 Å². The zero-order chi connectivity index (χ0) is 7.78. The van der Waals surface area contributed by atoms with Gasteiger partial charge < -0.3 is 4.74 Å². The van der Waals surface area contributed by atoms with E-state index in [9.17, 15) is 8.42 Å². The monoisotopic (exact) mass is 165 g/mol. The average Bonchev–Trinajstić information content (AvgIpc) is 2.47. The molecule has 0 amide bonds. The number of epoxide rings is 1. The lowest BCUT2D eigenvalue weighted by Gasteiger charge is -2.10. The highest BCUT2D eigenvalue weighted by molar-refractivity contribution is 7.88. The summed E-state index contributed by atoms with van der Waals surface area (Å²) in [7, 11) is -1.45. The summed E-state index contributed by atoms with van der Waals surface area (Å²) in [5.41, 5.74) is 0. The fraction of sp³-hybridized carbons (Fsp3) is 1.00. The van der Waals surface area contributed by atoms with Crippen molar-refractivity contribution in [2.24, 2.45) is 0 Å². The van der Waals surface area contributed by atoms with Gasteiger partial charge in [-0.05, 0) is 0 Å². The van der Waals surface area contributed by atoms with Crippen LogP contribution in [0, 0.1) is 0 Å². The zero-order valence-electron chi connectivity index (χ0n) is 6.07. The molecule has 0 bridgehead atoms. The largest absolute Gasteiger partial charge is 0.372 e. The third-order valence-electron chi connectivity index (χ3n) is 1.43. The van der Waals surface area contributed by atoms with Gasteiger partial charge in [0.05, 0.1) is 19.0 Å². The number of hydrogen-bond acceptors (Lipinski definition) is 3. The first-order valence-electron chi connectivity index (χ1n) is 3.03. The quantitative estimate of drug-likeness (QED) is 0.518. The number of hydrogen-bond donors (Lipinski definition) is 0. The average molecular weight is 165 g/mol. The molecule has 0 N–H and O–H groups in total. The van der Waals surface area contributed by atoms with E-state index < -0.39 is 10.0 Å². The molecule has 0 aromatic rings. The van der Waals surface area contributed by atoms with Crippen molar-refractivity contribution in [2.75, 3.05) is 26.5 Å². The highest BCUT2D eigenvalue weighted by Crippen LogP contribution is 2.10. The Morgan fingerprint density at radius 3 is 2.50 bits per heavy atom. The second kappa shape index (κ2) is 2.48. The van der Waals surface area contributed by atoms with Crippen LogP contribution in [0.2, 0.25) is 0 Å². The van der Waals surface area contributed by atoms with Crippen LogP contribution in [0.5, 0.6) is 0 Å². The molecule has 1 rings (SSSR count). The Morgan fingerprint density at radius 1 is 1.70 bits per heavy atom. The van der Waals surface area contributed by atoms with Gasteiger partial charge in [0.15, 0.2) is 0 Å². The Labute approximate surface area is 60.8 Å². The van der Waals surface area contributed by atoms with E-state index >= 15 is 0 Å². The summed E-state index contributed by atoms with van der Waals surface area (Å²) in [6.07, 6.45) is 1.33. The molecule has 0 spiro atoms. The lowest BCUT2D eigenvalue weighted by Crippen LogP contribution is -2.29. The number of nitrogens with zero attached hydrogens (tertiary/aromatic N) is 1. The van der Waals surface area contributed by atoms with Crippen LogP contribution in [0.15, 0.2) is 0 Å². The van der Waals surface area contributed by atoms with Gasteiger partial charge in [-0.3, -0.25) is 0 Å². The minimum absolute atomic E-state index is 0.139. The molecule has 5 heteroatoms. The molecular formula is C5H11NO3S. The van der Waals surface area contributed by atoms with E-state index in [4.69, 9.17) is 4.74 Å². The van der Waals surface area contributed by atoms with Gasteiger partial charge in [0, 0.05) is 13.6 Å². The van der Waals surface area contributed by atoms with Crippen molar-refractivity contribution in [1.82, 2.24) is 4.31 Å². The van der Waals surface area contributed by atoms with Gasteiger partial charge in [-0.2, -0.15) is 0 Å². The fourth-order valence-corrected chi connectivity index (χ4v) is 1.03. The van der Waals surface area contributed by atoms with Gasteiger partial charge in [-0.15, -0.1) is 0 Å². The summed E-state index contributed by atoms with van der Waals surface area (Å²) in [4.78, 5) is 0. The molecular weight excluding hydrogens is 154 g/mol. The minimum Gasteiger partial charge on any atom is -0.372 e. The van der Waals surface area contributed by atoms with E-state index in [1.54, 1.807) is 7.05 Å². The van der Waals surface area contributed by atoms with Crippen LogP contribution >= 0.6 is 0 Å². The summed E-state index contributed by atoms with van der Waals surface area (Å²) < 4.78 is 27.7. The molecule has 4 nitrogen and oxygen atoms in total. The second-order valence-electron chi connectivity index (χ2n) is 2.50. The van der Waals surface area contributed by atoms with Crippen molar-refractivity contribution < 1.29 is 13.2 Å². The molecule has 1 aliphatic heterocycles. The number of likely N-dealkylation sites (N-methyl/N-ethyl adjacent to an activating group) is 1. The number of ether oxygens (including phenoxy) is 1. The SMILES string of the molecule is CN(C[C@@H]1CO1)S(C)(=O)=O. The van der Waals surface area contributed by atoms with Gasteiger partial charge >= 0.3 is 0 Å². The predicted molar refractivity (Wildman–Crippen MR) is 37.2 cm³/mol. The van der Waals surface area contributed by atoms with E-state index in [1.165, 1.54) is 10.6 Å². The summed E-state index contributed by atoms with van der Waals surface area (Å²) in [5, 5.41) is 0. The maximum Gasteiger partial charge on any atom is 0.211 e. The minimum atomic E-state index is -3.00. The molecule has 1 heterocycles. The van der Waals surface area contributed by atoms with Crippen LogP contribution in [-0.4, -0.2) is 45.3 Å². The van der Waals surface area contributed by atoms with Crippen molar-refractivity contribution in [3.05, 3.63) is 0 Å². The molecule has 1 fully saturated rings. The van der Waals surface area contributed by atoms with Crippen molar-refractivity contribution in [1.29, 1.82) is 0 Å². The van der Waals surface area contributed by atoms with Gasteiger partial charge in [-0.1, -0.05) is 0 Å². The first-order valence-corrected chi connectivity index (χ1v) is 4.88. The van der Waals surface area contributed by atoms with E-state index in [2.05, 4.69) is 0 Å². The molecule has 0 aliphatic carbocycles. The Kier molecular flexibility index (Phi) is 1.98. The third-order valence-corrected chi connectivity index (χ3v) is 2.71. The molecule has 0 aromatic heterocycles. The molecule has 1 atom stereocenters. The second-order valence-corrected chi connectivity index (χ2v) is 4.59. The van der Waals surface area contributed by atoms with Crippen LogP contribution in [0.25, 0.3) is 0 Å². The van der Waals surface area contributed by atoms with Gasteiger partial charge in [-0.25, -0.2) is 12.7 Å². The van der Waals surface area contributed by atoms with Crippen molar-refractivity contribution in [2.45, 2.75) is 6.10 Å². The fourth-order valence-electron chi connectivity index (χ4n) is 0.596. The number of rotatable bonds is 3. The Morgan fingerprint density at radius 2 is 2.20 bits per heavy atom. The molecule has 1 aliphatic rings. The van der Waals surface area contributed by atoms with Crippen LogP contribution in [0.4, 0.5) is 0 Å². The Hall–Kier alpha value is -0.130. The lowest BCUT2D eigenvalue weighted by molar-refractivity contribution is 0.360. The maximum atomic E-state index is 10.8. The van der Waals surface area contributed by atoms with Crippen LogP contribution in [-0.2, 0) is 14.8 Å². The van der Waals surface area contributed by atoms with Gasteiger partial charge in [0.2, 0.25) is 10.0 Å². The Balaban J connectivity index is 2.40. The van der Waals surface area contributed by atoms with Crippen molar-refractivity contribution in [3.63, 3.8) is 0 Å². The summed E-state index contributed by atoms with van der Waals surface area (Å²) in [6.45, 7) is 1.18. The van der Waals surface area contributed by atoms with Crippen molar-refractivity contribution >= 4 is 10.0 Å². The lowest BCUT2D eigenvalue weighted by atomic mass is 10.5. The van der Waals surface area contributed by atoms with Crippen LogP contribution < -0.4 is 0 Å². The summed E-state index contributed by atoms with van der Waals surface area (Å²) in [5.74, 6) is 0. The van der Waals surface area contributed by atoms with Gasteiger partial charge in [0.1, 0.15) is 0 Å². The van der Waals surface area contributed by atoms with Crippen LogP contribution in [0.3, 0.4) is 0 Å². The standard InChI is InChI=1S/C5H11NO3S/c1-6(10(2,7)8)3-5-4-9-5/h5H,3-4H2,1-2H3/t5-/m1/s1. The normalized spacial score (nSPS) is 25.3. The number of sulfonamides is 1. The summed E-state index contributed by atoms with van der Waals surface area (Å²) >= 11 is 0. The molecule has 0 saturated carbocycles. The van der Waals surface area contributed by atoms with Gasteiger partial charge in [0.25, 0.3) is 0 Å². The molecule has 0 aromatic carbocycles. The Bertz CT molecular complexity index is 207. The van der Waals surface area contributed by atoms with Crippen LogP contribution in [0.1, 0.15) is 0 Å². The molecule has 10 heavy (non-hydrogen) atoms. The topological polar surface area (TPSA) is 49.9 Å². The molecule has 1 saturated heterocycles. The highest BCUT2D eigenvalue weighted by Gasteiger charge is 2.26. The van der Waals surface area contributed by atoms with E-state index in [0.717, 1.165) is 0 Å². The highest BCUT2D eigenvalue weighted by atomic mass is 32.2. The van der Waals surface area contributed by atoms with Crippen molar-refractivity contribution in [3.8, 4) is 0 Å². The van der Waals surface area contributed by atoms with E-state index in [-0.39, 0.29) is 6.10 Å². The zero-order valence-corrected chi connectivity index (χ0v) is 6.89. The first kappa shape index (κ1) is 7.97. The molecule has 60 valence electrons. The molecule has 0 unspecified atom stereocenters. The smallest absolute Gasteiger partial charge is 0.211 e. The summed E-state index contributed by atoms with van der Waals surface area (Å²) in [6, 6.07) is 0. The maximum absolute atomic E-state index is 10.8. The third kappa shape index (κ3) is 2.24. The molecule has 0 radical (unpaired) electrons.